The number of ether oxygens (including phenoxy) is 2. The Balaban J connectivity index is 4.09. The molecule has 0 spiro atoms. The van der Waals surface area contributed by atoms with Gasteiger partial charge in [0.05, 0.1) is 34.4 Å². The van der Waals surface area contributed by atoms with Crippen molar-refractivity contribution in [3.05, 3.63) is 0 Å². The molecule has 1 unspecified atom stereocenters. The Hall–Kier alpha value is -0.500. The Labute approximate surface area is 361 Å². The second-order valence-corrected chi connectivity index (χ2v) is 20.0. The maximum Gasteiger partial charge on any atom is 0.306 e. The molecule has 0 saturated carbocycles. The van der Waals surface area contributed by atoms with E-state index in [1.807, 2.05) is 21.1 Å². The van der Waals surface area contributed by atoms with Crippen molar-refractivity contribution >= 4 is 13.8 Å². The smallest absolute Gasteiger partial charge is 0.306 e. The van der Waals surface area contributed by atoms with Gasteiger partial charge in [-0.1, -0.05) is 232 Å². The van der Waals surface area contributed by atoms with E-state index in [0.717, 1.165) is 32.1 Å². The number of carbonyl (C=O) groups excluding carboxylic acids is 1. The molecule has 0 rings (SSSR count). The van der Waals surface area contributed by atoms with Gasteiger partial charge in [0.15, 0.2) is 0 Å². The van der Waals surface area contributed by atoms with Gasteiger partial charge in [0.2, 0.25) is 0 Å². The molecule has 0 radical (unpaired) electrons. The zero-order valence-corrected chi connectivity index (χ0v) is 40.4. The number of unbranched alkanes of at least 4 members (excludes halogenated alkanes) is 34. The number of likely N-dealkylation sites (N-methyl/N-ethyl adjacent to an activating group) is 1. The molecule has 0 aliphatic carbocycles. The van der Waals surface area contributed by atoms with Crippen molar-refractivity contribution in [2.24, 2.45) is 0 Å². The minimum Gasteiger partial charge on any atom is -0.756 e. The lowest BCUT2D eigenvalue weighted by Gasteiger charge is -2.28. The third kappa shape index (κ3) is 46.6. The Bertz CT molecular complexity index is 899. The first-order valence-corrected chi connectivity index (χ1v) is 26.7. The van der Waals surface area contributed by atoms with Gasteiger partial charge >= 0.3 is 5.97 Å². The molecule has 58 heavy (non-hydrogen) atoms. The molecule has 0 saturated heterocycles. The van der Waals surface area contributed by atoms with Crippen LogP contribution < -0.4 is 4.89 Å². The summed E-state index contributed by atoms with van der Waals surface area (Å²) in [5, 5.41) is 0. The minimum atomic E-state index is -4.52. The number of hydrogen-bond donors (Lipinski definition) is 0. The molecule has 348 valence electrons. The summed E-state index contributed by atoms with van der Waals surface area (Å²) >= 11 is 0. The van der Waals surface area contributed by atoms with E-state index in [4.69, 9.17) is 18.5 Å². The van der Waals surface area contributed by atoms with Gasteiger partial charge < -0.3 is 27.9 Å². The van der Waals surface area contributed by atoms with Crippen LogP contribution in [0.15, 0.2) is 0 Å². The molecular formula is C49H100NO7P. The van der Waals surface area contributed by atoms with Crippen molar-refractivity contribution in [2.45, 2.75) is 258 Å². The Morgan fingerprint density at radius 2 is 0.793 bits per heavy atom. The molecular weight excluding hydrogens is 746 g/mol. The van der Waals surface area contributed by atoms with E-state index in [0.29, 0.717) is 24.1 Å². The summed E-state index contributed by atoms with van der Waals surface area (Å²) in [5.41, 5.74) is 0. The highest BCUT2D eigenvalue weighted by Crippen LogP contribution is 2.38. The van der Waals surface area contributed by atoms with Gasteiger partial charge in [-0.25, -0.2) is 0 Å². The summed E-state index contributed by atoms with van der Waals surface area (Å²) in [7, 11) is 1.38. The van der Waals surface area contributed by atoms with Gasteiger partial charge in [-0.05, 0) is 12.8 Å². The highest BCUT2D eigenvalue weighted by molar-refractivity contribution is 7.45. The lowest BCUT2D eigenvalue weighted by Crippen LogP contribution is -2.37. The predicted octanol–water partition coefficient (Wildman–Crippen LogP) is 14.6. The summed E-state index contributed by atoms with van der Waals surface area (Å²) in [5.74, 6) is -0.326. The van der Waals surface area contributed by atoms with Gasteiger partial charge in [0, 0.05) is 13.0 Å². The van der Waals surface area contributed by atoms with E-state index >= 15 is 0 Å². The highest BCUT2D eigenvalue weighted by Gasteiger charge is 2.20. The molecule has 2 atom stereocenters. The lowest BCUT2D eigenvalue weighted by atomic mass is 10.0. The molecule has 0 fully saturated rings. The van der Waals surface area contributed by atoms with E-state index in [1.54, 1.807) is 0 Å². The van der Waals surface area contributed by atoms with Crippen LogP contribution in [0.5, 0.6) is 0 Å². The first-order valence-electron chi connectivity index (χ1n) is 25.3. The summed E-state index contributed by atoms with van der Waals surface area (Å²) in [6.07, 6.45) is 46.9. The molecule has 0 heterocycles. The first-order chi connectivity index (χ1) is 28.1. The zero-order chi connectivity index (χ0) is 42.7. The number of esters is 1. The molecule has 0 N–H and O–H groups in total. The van der Waals surface area contributed by atoms with Gasteiger partial charge in [-0.3, -0.25) is 9.36 Å². The zero-order valence-electron chi connectivity index (χ0n) is 39.5. The quantitative estimate of drug-likeness (QED) is 0.0260. The van der Waals surface area contributed by atoms with Crippen molar-refractivity contribution in [3.8, 4) is 0 Å². The maximum atomic E-state index is 12.7. The van der Waals surface area contributed by atoms with Crippen LogP contribution in [0.1, 0.15) is 251 Å². The summed E-state index contributed by atoms with van der Waals surface area (Å²) in [4.78, 5) is 25.1. The molecule has 0 amide bonds. The van der Waals surface area contributed by atoms with Gasteiger partial charge in [-0.2, -0.15) is 0 Å². The van der Waals surface area contributed by atoms with Crippen LogP contribution in [0.3, 0.4) is 0 Å². The Morgan fingerprint density at radius 1 is 0.466 bits per heavy atom. The fraction of sp³-hybridized carbons (Fsp3) is 0.980. The lowest BCUT2D eigenvalue weighted by molar-refractivity contribution is -0.870. The Kier molecular flexibility index (Phi) is 42.8. The fourth-order valence-corrected chi connectivity index (χ4v) is 8.22. The highest BCUT2D eigenvalue weighted by atomic mass is 31.2. The number of phosphoric ester groups is 1. The summed E-state index contributed by atoms with van der Waals surface area (Å²) in [6, 6.07) is 0. The van der Waals surface area contributed by atoms with Crippen molar-refractivity contribution in [2.75, 3.05) is 54.1 Å². The molecule has 0 aromatic heterocycles. The largest absolute Gasteiger partial charge is 0.756 e. The third-order valence-electron chi connectivity index (χ3n) is 11.4. The van der Waals surface area contributed by atoms with Crippen molar-refractivity contribution < 1.29 is 37.3 Å². The SMILES string of the molecule is CCCCCCCCCCCCCCCCCCCCCCOC[C@H](COP(=O)([O-])OCC[N+](C)(C)C)OC(=O)CCCCCCCCCCCCCCCCCC. The van der Waals surface area contributed by atoms with Gasteiger partial charge in [-0.15, -0.1) is 0 Å². The van der Waals surface area contributed by atoms with E-state index in [9.17, 15) is 14.3 Å². The molecule has 0 bridgehead atoms. The van der Waals surface area contributed by atoms with Crippen molar-refractivity contribution in [1.82, 2.24) is 0 Å². The number of nitrogens with zero attached hydrogens (tertiary/aromatic N) is 1. The van der Waals surface area contributed by atoms with Crippen molar-refractivity contribution in [1.29, 1.82) is 0 Å². The minimum absolute atomic E-state index is 0.0317. The number of quaternary nitrogens is 1. The van der Waals surface area contributed by atoms with Crippen molar-refractivity contribution in [3.63, 3.8) is 0 Å². The number of hydrogen-bond acceptors (Lipinski definition) is 7. The predicted molar refractivity (Wildman–Crippen MR) is 245 cm³/mol. The van der Waals surface area contributed by atoms with E-state index < -0.39 is 13.9 Å². The van der Waals surface area contributed by atoms with Gasteiger partial charge in [0.25, 0.3) is 7.82 Å². The monoisotopic (exact) mass is 846 g/mol. The molecule has 0 aliphatic heterocycles. The maximum absolute atomic E-state index is 12.7. The number of rotatable bonds is 48. The average molecular weight is 846 g/mol. The standard InChI is InChI=1S/C49H100NO7P/c1-6-8-10-12-14-16-18-20-22-24-25-26-27-29-31-33-35-37-39-41-44-54-46-48(47-56-58(52,53)55-45-43-50(3,4)5)57-49(51)42-40-38-36-34-32-30-28-23-21-19-17-15-13-11-9-7-2/h48H,6-47H2,1-5H3/t48-/m1/s1. The summed E-state index contributed by atoms with van der Waals surface area (Å²) < 4.78 is 34.7. The van der Waals surface area contributed by atoms with E-state index in [2.05, 4.69) is 13.8 Å². The molecule has 8 nitrogen and oxygen atoms in total. The number of phosphoric acid groups is 1. The van der Waals surface area contributed by atoms with E-state index in [1.165, 1.54) is 199 Å². The second-order valence-electron chi connectivity index (χ2n) is 18.5. The third-order valence-corrected chi connectivity index (χ3v) is 12.4. The fourth-order valence-electron chi connectivity index (χ4n) is 7.49. The van der Waals surface area contributed by atoms with Crippen LogP contribution in [-0.2, 0) is 27.9 Å². The number of carbonyl (C=O) groups is 1. The first kappa shape index (κ1) is 57.5. The van der Waals surface area contributed by atoms with Gasteiger partial charge in [0.1, 0.15) is 19.3 Å². The van der Waals surface area contributed by atoms with Crippen LogP contribution >= 0.6 is 7.82 Å². The summed E-state index contributed by atoms with van der Waals surface area (Å²) in [6.45, 7) is 5.49. The molecule has 0 aromatic carbocycles. The van der Waals surface area contributed by atoms with Crippen LogP contribution in [0.2, 0.25) is 0 Å². The average Bonchev–Trinajstić information content (AvgIpc) is 3.18. The normalized spacial score (nSPS) is 13.6. The van der Waals surface area contributed by atoms with Crippen LogP contribution in [0.4, 0.5) is 0 Å². The van der Waals surface area contributed by atoms with Crippen LogP contribution in [0, 0.1) is 0 Å². The van der Waals surface area contributed by atoms with Crippen LogP contribution in [0.25, 0.3) is 0 Å². The van der Waals surface area contributed by atoms with Crippen LogP contribution in [-0.4, -0.2) is 70.7 Å². The van der Waals surface area contributed by atoms with E-state index in [-0.39, 0.29) is 25.8 Å². The molecule has 0 aliphatic rings. The second kappa shape index (κ2) is 43.2. The molecule has 9 heteroatoms. The molecule has 0 aromatic rings. The topological polar surface area (TPSA) is 94.1 Å². The Morgan fingerprint density at radius 3 is 1.14 bits per heavy atom.